The van der Waals surface area contributed by atoms with Crippen LogP contribution < -0.4 is 10.6 Å². The van der Waals surface area contributed by atoms with Crippen molar-refractivity contribution in [1.82, 2.24) is 14.6 Å². The Labute approximate surface area is 157 Å². The highest BCUT2D eigenvalue weighted by molar-refractivity contribution is 5.94. The molecule has 1 aliphatic heterocycles. The average Bonchev–Trinajstić information content (AvgIpc) is 3.13. The molecule has 1 unspecified atom stereocenters. The van der Waals surface area contributed by atoms with Gasteiger partial charge in [0.1, 0.15) is 5.82 Å². The molecule has 2 aromatic heterocycles. The number of anilines is 1. The van der Waals surface area contributed by atoms with E-state index in [1.54, 1.807) is 24.5 Å². The number of hydrogen-bond donors (Lipinski definition) is 2. The maximum Gasteiger partial charge on any atom is 0.248 e. The summed E-state index contributed by atoms with van der Waals surface area (Å²) in [7, 11) is 0. The second-order valence-electron chi connectivity index (χ2n) is 6.90. The van der Waals surface area contributed by atoms with E-state index in [-0.39, 0.29) is 6.61 Å². The van der Waals surface area contributed by atoms with E-state index in [0.717, 1.165) is 48.4 Å². The summed E-state index contributed by atoms with van der Waals surface area (Å²) in [6.07, 6.45) is 7.69. The quantitative estimate of drug-likeness (QED) is 0.723. The van der Waals surface area contributed by atoms with Crippen molar-refractivity contribution < 1.29 is 9.90 Å². The number of aromatic nitrogens is 3. The van der Waals surface area contributed by atoms with Crippen molar-refractivity contribution in [2.24, 2.45) is 5.73 Å². The number of aliphatic hydroxyl groups excluding tert-OH is 1. The second kappa shape index (κ2) is 7.36. The zero-order valence-electron chi connectivity index (χ0n) is 15.1. The number of piperidine rings is 1. The molecule has 1 atom stereocenters. The molecule has 0 radical (unpaired) electrons. The lowest BCUT2D eigenvalue weighted by atomic mass is 9.99. The Morgan fingerprint density at radius 1 is 1.30 bits per heavy atom. The van der Waals surface area contributed by atoms with Crippen LogP contribution in [-0.2, 0) is 0 Å². The molecule has 1 saturated heterocycles. The van der Waals surface area contributed by atoms with Crippen molar-refractivity contribution >= 4 is 17.4 Å². The molecule has 0 spiro atoms. The van der Waals surface area contributed by atoms with Crippen LogP contribution in [0.3, 0.4) is 0 Å². The van der Waals surface area contributed by atoms with E-state index >= 15 is 0 Å². The number of primary amides is 1. The summed E-state index contributed by atoms with van der Waals surface area (Å²) >= 11 is 0. The van der Waals surface area contributed by atoms with Gasteiger partial charge in [-0.25, -0.2) is 4.98 Å². The molecule has 1 amide bonds. The van der Waals surface area contributed by atoms with E-state index in [4.69, 9.17) is 5.73 Å². The maximum atomic E-state index is 11.5. The van der Waals surface area contributed by atoms with Gasteiger partial charge in [0.15, 0.2) is 5.65 Å². The number of aliphatic hydroxyl groups is 1. The first kappa shape index (κ1) is 17.5. The Morgan fingerprint density at radius 2 is 2.19 bits per heavy atom. The van der Waals surface area contributed by atoms with Gasteiger partial charge in [0.25, 0.3) is 0 Å². The van der Waals surface area contributed by atoms with Crippen molar-refractivity contribution in [3.8, 4) is 11.1 Å². The highest BCUT2D eigenvalue weighted by Gasteiger charge is 2.25. The van der Waals surface area contributed by atoms with Crippen molar-refractivity contribution in [3.05, 3.63) is 48.3 Å². The van der Waals surface area contributed by atoms with Crippen molar-refractivity contribution in [3.63, 3.8) is 0 Å². The lowest BCUT2D eigenvalue weighted by Gasteiger charge is -2.37. The molecule has 140 valence electrons. The minimum Gasteiger partial charge on any atom is -0.396 e. The zero-order chi connectivity index (χ0) is 18.8. The van der Waals surface area contributed by atoms with Gasteiger partial charge in [0, 0.05) is 36.5 Å². The third-order valence-electron chi connectivity index (χ3n) is 5.22. The van der Waals surface area contributed by atoms with Crippen LogP contribution in [0.5, 0.6) is 0 Å². The van der Waals surface area contributed by atoms with E-state index in [9.17, 15) is 9.90 Å². The lowest BCUT2D eigenvalue weighted by molar-refractivity contribution is 0.100. The average molecular weight is 365 g/mol. The van der Waals surface area contributed by atoms with Gasteiger partial charge in [0.05, 0.1) is 6.20 Å². The van der Waals surface area contributed by atoms with Crippen LogP contribution in [0.1, 0.15) is 36.0 Å². The Morgan fingerprint density at radius 3 is 3.00 bits per heavy atom. The molecule has 1 aliphatic rings. The molecule has 3 aromatic rings. The molecule has 7 nitrogen and oxygen atoms in total. The molecule has 0 aliphatic carbocycles. The maximum absolute atomic E-state index is 11.5. The summed E-state index contributed by atoms with van der Waals surface area (Å²) in [6.45, 7) is 1.12. The molecule has 1 fully saturated rings. The fourth-order valence-electron chi connectivity index (χ4n) is 3.89. The molecular formula is C20H23N5O2. The number of carbonyl (C=O) groups excluding carboxylic acids is 1. The number of benzene rings is 1. The van der Waals surface area contributed by atoms with Crippen molar-refractivity contribution in [1.29, 1.82) is 0 Å². The van der Waals surface area contributed by atoms with Gasteiger partial charge >= 0.3 is 0 Å². The van der Waals surface area contributed by atoms with Gasteiger partial charge in [-0.2, -0.15) is 9.61 Å². The van der Waals surface area contributed by atoms with E-state index in [2.05, 4.69) is 15.0 Å². The third-order valence-corrected chi connectivity index (χ3v) is 5.22. The van der Waals surface area contributed by atoms with Crippen LogP contribution in [0.2, 0.25) is 0 Å². The van der Waals surface area contributed by atoms with Crippen LogP contribution in [0.4, 0.5) is 5.82 Å². The van der Waals surface area contributed by atoms with Crippen LogP contribution in [-0.4, -0.2) is 44.8 Å². The monoisotopic (exact) mass is 365 g/mol. The van der Waals surface area contributed by atoms with Crippen molar-refractivity contribution in [2.75, 3.05) is 18.1 Å². The number of rotatable bonds is 5. The number of hydrogen-bond acceptors (Lipinski definition) is 5. The van der Waals surface area contributed by atoms with Crippen LogP contribution >= 0.6 is 0 Å². The first-order valence-corrected chi connectivity index (χ1v) is 9.29. The highest BCUT2D eigenvalue weighted by atomic mass is 16.3. The molecule has 7 heteroatoms. The van der Waals surface area contributed by atoms with Gasteiger partial charge in [-0.15, -0.1) is 0 Å². The molecule has 4 rings (SSSR count). The number of fused-ring (bicyclic) bond motifs is 1. The predicted molar refractivity (Wildman–Crippen MR) is 104 cm³/mol. The summed E-state index contributed by atoms with van der Waals surface area (Å²) in [6, 6.07) is 9.48. The smallest absolute Gasteiger partial charge is 0.248 e. The van der Waals surface area contributed by atoms with Gasteiger partial charge in [-0.05, 0) is 49.4 Å². The fraction of sp³-hybridized carbons (Fsp3) is 0.350. The summed E-state index contributed by atoms with van der Waals surface area (Å²) in [5.41, 5.74) is 8.33. The summed E-state index contributed by atoms with van der Waals surface area (Å²) in [5.74, 6) is 0.526. The summed E-state index contributed by atoms with van der Waals surface area (Å²) in [4.78, 5) is 18.4. The SMILES string of the molecule is NC(=O)c1cccc(-c2cnn3c(N4CCCCC4CCO)ccnc23)c1. The minimum atomic E-state index is -0.456. The number of nitrogens with zero attached hydrogens (tertiary/aromatic N) is 4. The second-order valence-corrected chi connectivity index (χ2v) is 6.90. The minimum absolute atomic E-state index is 0.180. The lowest BCUT2D eigenvalue weighted by Crippen LogP contribution is -2.41. The van der Waals surface area contributed by atoms with Crippen LogP contribution in [0.25, 0.3) is 16.8 Å². The summed E-state index contributed by atoms with van der Waals surface area (Å²) < 4.78 is 1.85. The van der Waals surface area contributed by atoms with Crippen molar-refractivity contribution in [2.45, 2.75) is 31.7 Å². The molecule has 1 aromatic carbocycles. The third kappa shape index (κ3) is 3.26. The van der Waals surface area contributed by atoms with Crippen LogP contribution in [0.15, 0.2) is 42.7 Å². The Balaban J connectivity index is 1.78. The Bertz CT molecular complexity index is 966. The van der Waals surface area contributed by atoms with Gasteiger partial charge in [-0.3, -0.25) is 4.79 Å². The molecule has 0 bridgehead atoms. The predicted octanol–water partition coefficient (Wildman–Crippen LogP) is 2.24. The fourth-order valence-corrected chi connectivity index (χ4v) is 3.89. The normalized spacial score (nSPS) is 17.4. The highest BCUT2D eigenvalue weighted by Crippen LogP contribution is 2.30. The Kier molecular flexibility index (Phi) is 4.77. The zero-order valence-corrected chi connectivity index (χ0v) is 15.1. The van der Waals surface area contributed by atoms with Crippen LogP contribution in [0, 0.1) is 0 Å². The number of carbonyl (C=O) groups is 1. The molecule has 27 heavy (non-hydrogen) atoms. The molecule has 3 heterocycles. The standard InChI is InChI=1S/C20H23N5O2/c21-19(27)15-5-3-4-14(12-15)17-13-23-25-18(7-9-22-20(17)25)24-10-2-1-6-16(24)8-11-26/h3-5,7,9,12-13,16,26H,1-2,6,8,10-11H2,(H2,21,27). The first-order chi connectivity index (χ1) is 13.2. The summed E-state index contributed by atoms with van der Waals surface area (Å²) in [5, 5.41) is 14.0. The van der Waals surface area contributed by atoms with E-state index in [0.29, 0.717) is 11.6 Å². The first-order valence-electron chi connectivity index (χ1n) is 9.29. The van der Waals surface area contributed by atoms with Gasteiger partial charge in [-0.1, -0.05) is 12.1 Å². The largest absolute Gasteiger partial charge is 0.396 e. The van der Waals surface area contributed by atoms with E-state index in [1.165, 1.54) is 6.42 Å². The molecule has 0 saturated carbocycles. The number of nitrogens with two attached hydrogens (primary N) is 1. The molecular weight excluding hydrogens is 342 g/mol. The van der Waals surface area contributed by atoms with Gasteiger partial charge < -0.3 is 15.7 Å². The van der Waals surface area contributed by atoms with E-state index < -0.39 is 5.91 Å². The molecule has 3 N–H and O–H groups in total. The van der Waals surface area contributed by atoms with Gasteiger partial charge in [0.2, 0.25) is 5.91 Å². The number of amides is 1. The van der Waals surface area contributed by atoms with E-state index in [1.807, 2.05) is 22.7 Å². The Hall–Kier alpha value is -2.93. The topological polar surface area (TPSA) is 96.8 Å².